The van der Waals surface area contributed by atoms with E-state index in [0.717, 1.165) is 25.0 Å². The van der Waals surface area contributed by atoms with Crippen LogP contribution in [0.1, 0.15) is 25.0 Å². The van der Waals surface area contributed by atoms with Crippen LogP contribution >= 0.6 is 0 Å². The number of ether oxygens (including phenoxy) is 1. The lowest BCUT2D eigenvalue weighted by Crippen LogP contribution is -2.55. The van der Waals surface area contributed by atoms with Gasteiger partial charge in [0.15, 0.2) is 17.2 Å². The van der Waals surface area contributed by atoms with Gasteiger partial charge in [-0.05, 0) is 38.3 Å². The number of rotatable bonds is 0. The van der Waals surface area contributed by atoms with E-state index in [0.29, 0.717) is 11.6 Å². The minimum Gasteiger partial charge on any atom is -0.474 e. The zero-order chi connectivity index (χ0) is 10.5. The zero-order valence-corrected chi connectivity index (χ0v) is 8.54. The Morgan fingerprint density at radius 3 is 2.93 bits per heavy atom. The fraction of sp³-hybridized carbons (Fsp3) is 0.455. The van der Waals surface area contributed by atoms with Crippen LogP contribution in [0.5, 0.6) is 5.75 Å². The van der Waals surface area contributed by atoms with E-state index >= 15 is 0 Å². The van der Waals surface area contributed by atoms with Gasteiger partial charge in [0, 0.05) is 5.69 Å². The van der Waals surface area contributed by atoms with Gasteiger partial charge < -0.3 is 10.1 Å². The number of carbonyl (C=O) groups is 1. The Hall–Kier alpha value is -1.58. The number of nitrogens with zero attached hydrogens (tertiary/aromatic N) is 1. The molecule has 1 N–H and O–H groups in total. The van der Waals surface area contributed by atoms with Crippen LogP contribution in [0.2, 0.25) is 0 Å². The molecule has 4 nitrogen and oxygen atoms in total. The predicted octanol–water partition coefficient (Wildman–Crippen LogP) is 1.64. The van der Waals surface area contributed by atoms with E-state index in [2.05, 4.69) is 10.3 Å². The normalized spacial score (nSPS) is 21.3. The summed E-state index contributed by atoms with van der Waals surface area (Å²) in [7, 11) is 0. The standard InChI is InChI=1S/C11H12N2O2/c1-7-3-4-8-9(12-7)13-10(14)11(15-8)5-2-6-11/h3-4H,2,5-6H2,1H3,(H,12,13,14). The number of hydrogen-bond acceptors (Lipinski definition) is 3. The summed E-state index contributed by atoms with van der Waals surface area (Å²) in [5, 5.41) is 2.82. The third kappa shape index (κ3) is 1.14. The third-order valence-corrected chi connectivity index (χ3v) is 3.11. The summed E-state index contributed by atoms with van der Waals surface area (Å²) in [5.74, 6) is 1.21. The molecule has 0 unspecified atom stereocenters. The van der Waals surface area contributed by atoms with Gasteiger partial charge in [0.2, 0.25) is 0 Å². The van der Waals surface area contributed by atoms with Gasteiger partial charge in [0.25, 0.3) is 5.91 Å². The van der Waals surface area contributed by atoms with Crippen molar-refractivity contribution in [3.63, 3.8) is 0 Å². The average molecular weight is 204 g/mol. The first-order chi connectivity index (χ1) is 7.20. The molecule has 2 aliphatic rings. The van der Waals surface area contributed by atoms with Crippen molar-refractivity contribution in [2.45, 2.75) is 31.8 Å². The molecule has 0 bridgehead atoms. The van der Waals surface area contributed by atoms with Crippen molar-refractivity contribution >= 4 is 11.7 Å². The fourth-order valence-corrected chi connectivity index (χ4v) is 2.02. The molecule has 0 saturated heterocycles. The average Bonchev–Trinajstić information content (AvgIpc) is 2.14. The van der Waals surface area contributed by atoms with Crippen LogP contribution in [0.25, 0.3) is 0 Å². The second-order valence-electron chi connectivity index (χ2n) is 4.20. The summed E-state index contributed by atoms with van der Waals surface area (Å²) in [5.41, 5.74) is 0.284. The second-order valence-corrected chi connectivity index (χ2v) is 4.20. The highest BCUT2D eigenvalue weighted by Gasteiger charge is 2.49. The number of fused-ring (bicyclic) bond motifs is 1. The van der Waals surface area contributed by atoms with E-state index in [1.165, 1.54) is 0 Å². The second kappa shape index (κ2) is 2.72. The predicted molar refractivity (Wildman–Crippen MR) is 54.8 cm³/mol. The zero-order valence-electron chi connectivity index (χ0n) is 8.54. The molecule has 1 amide bonds. The van der Waals surface area contributed by atoms with Gasteiger partial charge >= 0.3 is 0 Å². The van der Waals surface area contributed by atoms with E-state index in [1.54, 1.807) is 0 Å². The van der Waals surface area contributed by atoms with Crippen molar-refractivity contribution in [1.82, 2.24) is 4.98 Å². The van der Waals surface area contributed by atoms with Crippen LogP contribution in [0.3, 0.4) is 0 Å². The Balaban J connectivity index is 2.02. The summed E-state index contributed by atoms with van der Waals surface area (Å²) in [6.07, 6.45) is 2.68. The van der Waals surface area contributed by atoms with E-state index in [-0.39, 0.29) is 5.91 Å². The van der Waals surface area contributed by atoms with Crippen molar-refractivity contribution in [2.24, 2.45) is 0 Å². The molecule has 15 heavy (non-hydrogen) atoms. The van der Waals surface area contributed by atoms with E-state index in [4.69, 9.17) is 4.74 Å². The molecule has 1 saturated carbocycles. The Bertz CT molecular complexity index is 438. The molecule has 1 spiro atoms. The lowest BCUT2D eigenvalue weighted by molar-refractivity contribution is -0.140. The maximum Gasteiger partial charge on any atom is 0.269 e. The molecule has 0 radical (unpaired) electrons. The van der Waals surface area contributed by atoms with Crippen LogP contribution in [0.15, 0.2) is 12.1 Å². The van der Waals surface area contributed by atoms with Gasteiger partial charge in [-0.25, -0.2) is 4.98 Å². The molecule has 1 aliphatic heterocycles. The van der Waals surface area contributed by atoms with Gasteiger partial charge in [0.05, 0.1) is 0 Å². The molecule has 78 valence electrons. The Morgan fingerprint density at radius 1 is 1.47 bits per heavy atom. The number of carbonyl (C=O) groups excluding carboxylic acids is 1. The first-order valence-electron chi connectivity index (χ1n) is 5.18. The Labute approximate surface area is 87.7 Å². The van der Waals surface area contributed by atoms with Crippen molar-refractivity contribution in [3.8, 4) is 5.75 Å². The van der Waals surface area contributed by atoms with E-state index in [9.17, 15) is 4.79 Å². The molecular formula is C11H12N2O2. The summed E-state index contributed by atoms with van der Waals surface area (Å²) < 4.78 is 5.75. The van der Waals surface area contributed by atoms with Crippen LogP contribution in [-0.2, 0) is 4.79 Å². The Morgan fingerprint density at radius 2 is 2.27 bits per heavy atom. The van der Waals surface area contributed by atoms with Gasteiger partial charge in [-0.1, -0.05) is 0 Å². The SMILES string of the molecule is Cc1ccc2c(n1)NC(=O)C1(CCC1)O2. The fourth-order valence-electron chi connectivity index (χ4n) is 2.02. The third-order valence-electron chi connectivity index (χ3n) is 3.11. The highest BCUT2D eigenvalue weighted by atomic mass is 16.5. The molecule has 4 heteroatoms. The quantitative estimate of drug-likeness (QED) is 0.699. The van der Waals surface area contributed by atoms with Crippen LogP contribution < -0.4 is 10.1 Å². The molecule has 0 aromatic carbocycles. The summed E-state index contributed by atoms with van der Waals surface area (Å²) in [4.78, 5) is 16.0. The van der Waals surface area contributed by atoms with E-state index in [1.807, 2.05) is 19.1 Å². The van der Waals surface area contributed by atoms with Crippen LogP contribution in [-0.4, -0.2) is 16.5 Å². The number of amides is 1. The van der Waals surface area contributed by atoms with Gasteiger partial charge in [-0.15, -0.1) is 0 Å². The number of aryl methyl sites for hydroxylation is 1. The highest BCUT2D eigenvalue weighted by Crippen LogP contribution is 2.42. The minimum absolute atomic E-state index is 0.0423. The lowest BCUT2D eigenvalue weighted by Gasteiger charge is -2.42. The first kappa shape index (κ1) is 8.71. The largest absolute Gasteiger partial charge is 0.474 e. The molecule has 1 aromatic rings. The molecule has 2 heterocycles. The number of nitrogens with one attached hydrogen (secondary N) is 1. The summed E-state index contributed by atoms with van der Waals surface area (Å²) in [6.45, 7) is 1.89. The molecule has 1 aliphatic carbocycles. The molecular weight excluding hydrogens is 192 g/mol. The number of aromatic nitrogens is 1. The van der Waals surface area contributed by atoms with Gasteiger partial charge in [-0.2, -0.15) is 0 Å². The number of anilines is 1. The topological polar surface area (TPSA) is 51.2 Å². The lowest BCUT2D eigenvalue weighted by atomic mass is 9.78. The van der Waals surface area contributed by atoms with Crippen LogP contribution in [0.4, 0.5) is 5.82 Å². The van der Waals surface area contributed by atoms with E-state index < -0.39 is 5.60 Å². The minimum atomic E-state index is -0.593. The maximum absolute atomic E-state index is 11.8. The molecule has 1 fully saturated rings. The Kier molecular flexibility index (Phi) is 1.58. The molecule has 0 atom stereocenters. The number of pyridine rings is 1. The van der Waals surface area contributed by atoms with Gasteiger partial charge in [0.1, 0.15) is 0 Å². The van der Waals surface area contributed by atoms with Crippen molar-refractivity contribution < 1.29 is 9.53 Å². The first-order valence-corrected chi connectivity index (χ1v) is 5.18. The van der Waals surface area contributed by atoms with Crippen molar-refractivity contribution in [3.05, 3.63) is 17.8 Å². The molecule has 1 aromatic heterocycles. The van der Waals surface area contributed by atoms with Gasteiger partial charge in [-0.3, -0.25) is 4.79 Å². The molecule has 3 rings (SSSR count). The monoisotopic (exact) mass is 204 g/mol. The smallest absolute Gasteiger partial charge is 0.269 e. The highest BCUT2D eigenvalue weighted by molar-refractivity contribution is 6.00. The van der Waals surface area contributed by atoms with Crippen LogP contribution in [0, 0.1) is 6.92 Å². The summed E-state index contributed by atoms with van der Waals surface area (Å²) in [6, 6.07) is 3.76. The summed E-state index contributed by atoms with van der Waals surface area (Å²) >= 11 is 0. The van der Waals surface area contributed by atoms with Crippen molar-refractivity contribution in [1.29, 1.82) is 0 Å². The number of hydrogen-bond donors (Lipinski definition) is 1. The maximum atomic E-state index is 11.8. The van der Waals surface area contributed by atoms with Crippen molar-refractivity contribution in [2.75, 3.05) is 5.32 Å².